The van der Waals surface area contributed by atoms with Crippen LogP contribution in [-0.2, 0) is 0 Å². The largest absolute Gasteiger partial charge is 0.309 e. The molecule has 0 saturated heterocycles. The molecule has 356 valence electrons. The second kappa shape index (κ2) is 17.7. The molecule has 0 fully saturated rings. The van der Waals surface area contributed by atoms with Crippen LogP contribution in [0.1, 0.15) is 0 Å². The van der Waals surface area contributed by atoms with E-state index in [1.807, 2.05) is 0 Å². The normalized spacial score (nSPS) is 12.8. The number of hydrogen-bond donors (Lipinski definition) is 0. The first-order chi connectivity index (χ1) is 37.7. The predicted molar refractivity (Wildman–Crippen MR) is 327 cm³/mol. The van der Waals surface area contributed by atoms with Crippen LogP contribution in [0, 0.1) is 0 Å². The summed E-state index contributed by atoms with van der Waals surface area (Å²) in [5.74, 6) is 0. The van der Waals surface area contributed by atoms with E-state index in [2.05, 4.69) is 312 Å². The summed E-state index contributed by atoms with van der Waals surface area (Å²) in [6.07, 6.45) is 0. The van der Waals surface area contributed by atoms with Crippen LogP contribution in [-0.4, -0.2) is 25.3 Å². The Hall–Kier alpha value is -9.33. The Labute approximate surface area is 444 Å². The number of aromatic nitrogens is 2. The molecule has 0 spiro atoms. The maximum Gasteiger partial charge on any atom is 0.180 e. The Kier molecular flexibility index (Phi) is 10.3. The minimum Gasteiger partial charge on any atom is -0.309 e. The van der Waals surface area contributed by atoms with E-state index in [1.54, 1.807) is 0 Å². The second-order valence-corrected chi connectivity index (χ2v) is 27.8. The van der Waals surface area contributed by atoms with Crippen molar-refractivity contribution in [3.05, 3.63) is 303 Å². The zero-order chi connectivity index (χ0) is 50.2. The molecule has 1 aliphatic heterocycles. The van der Waals surface area contributed by atoms with Gasteiger partial charge >= 0.3 is 0 Å². The number of rotatable bonds is 9. The van der Waals surface area contributed by atoms with Crippen molar-refractivity contribution in [1.82, 2.24) is 9.13 Å². The monoisotopic (exact) mass is 998 g/mol. The Morgan fingerprint density at radius 1 is 0.263 bits per heavy atom. The fraction of sp³-hybridized carbons (Fsp3) is 0. The van der Waals surface area contributed by atoms with E-state index < -0.39 is 16.1 Å². The van der Waals surface area contributed by atoms with Crippen molar-refractivity contribution in [1.29, 1.82) is 0 Å². The van der Waals surface area contributed by atoms with E-state index in [1.165, 1.54) is 107 Å². The van der Waals surface area contributed by atoms with Crippen molar-refractivity contribution in [2.24, 2.45) is 0 Å². The molecular weight excluding hydrogens is 949 g/mol. The quantitative estimate of drug-likeness (QED) is 0.101. The average molecular weight is 999 g/mol. The maximum absolute atomic E-state index is 2.79. The lowest BCUT2D eigenvalue weighted by molar-refractivity contribution is 1.17. The molecule has 76 heavy (non-hydrogen) atoms. The van der Waals surface area contributed by atoms with E-state index in [4.69, 9.17) is 0 Å². The third-order valence-corrected chi connectivity index (χ3v) is 26.2. The van der Waals surface area contributed by atoms with Gasteiger partial charge in [-0.15, -0.1) is 0 Å². The number of para-hydroxylation sites is 3. The maximum atomic E-state index is 2.53. The molecule has 0 bridgehead atoms. The molecule has 2 aromatic heterocycles. The van der Waals surface area contributed by atoms with Gasteiger partial charge < -0.3 is 9.13 Å². The highest BCUT2D eigenvalue weighted by atomic mass is 28.3. The minimum absolute atomic E-state index is 1.14. The molecule has 14 aromatic rings. The molecule has 3 heterocycles. The lowest BCUT2D eigenvalue weighted by atomic mass is 9.97. The fourth-order valence-electron chi connectivity index (χ4n) is 13.5. The van der Waals surface area contributed by atoms with Crippen molar-refractivity contribution in [3.63, 3.8) is 0 Å². The molecule has 15 rings (SSSR count). The van der Waals surface area contributed by atoms with Crippen LogP contribution in [0.5, 0.6) is 0 Å². The summed E-state index contributed by atoms with van der Waals surface area (Å²) in [6, 6.07) is 114. The summed E-state index contributed by atoms with van der Waals surface area (Å²) < 4.78 is 5.02. The summed E-state index contributed by atoms with van der Waals surface area (Å²) in [5, 5.41) is 16.1. The Bertz CT molecular complexity index is 4370. The van der Waals surface area contributed by atoms with Crippen LogP contribution in [0.2, 0.25) is 0 Å². The first-order valence-electron chi connectivity index (χ1n) is 26.4. The van der Waals surface area contributed by atoms with Gasteiger partial charge in [-0.25, -0.2) is 0 Å². The Balaban J connectivity index is 0.931. The van der Waals surface area contributed by atoms with E-state index in [0.29, 0.717) is 0 Å². The summed E-state index contributed by atoms with van der Waals surface area (Å²) in [7, 11) is -5.42. The summed E-state index contributed by atoms with van der Waals surface area (Å²) in [6.45, 7) is 0. The van der Waals surface area contributed by atoms with Crippen LogP contribution < -0.4 is 41.5 Å². The topological polar surface area (TPSA) is 9.86 Å². The van der Waals surface area contributed by atoms with Gasteiger partial charge in [0.1, 0.15) is 0 Å². The molecule has 2 nitrogen and oxygen atoms in total. The first-order valence-corrected chi connectivity index (χ1v) is 30.4. The molecule has 0 aliphatic carbocycles. The van der Waals surface area contributed by atoms with E-state index in [9.17, 15) is 0 Å². The summed E-state index contributed by atoms with van der Waals surface area (Å²) >= 11 is 0. The number of benzene rings is 12. The van der Waals surface area contributed by atoms with Crippen LogP contribution >= 0.6 is 0 Å². The highest BCUT2D eigenvalue weighted by Gasteiger charge is 2.48. The van der Waals surface area contributed by atoms with Gasteiger partial charge in [0.15, 0.2) is 16.1 Å². The lowest BCUT2D eigenvalue weighted by Gasteiger charge is -2.34. The number of hydrogen-bond acceptors (Lipinski definition) is 0. The van der Waals surface area contributed by atoms with Gasteiger partial charge in [0.25, 0.3) is 0 Å². The number of nitrogens with zero attached hydrogens (tertiary/aromatic N) is 2. The molecule has 0 unspecified atom stereocenters. The summed E-state index contributed by atoms with van der Waals surface area (Å²) in [5.41, 5.74) is 12.2. The molecule has 0 N–H and O–H groups in total. The average Bonchev–Trinajstić information content (AvgIpc) is 4.13. The highest BCUT2D eigenvalue weighted by molar-refractivity contribution is 7.22. The van der Waals surface area contributed by atoms with Crippen molar-refractivity contribution in [3.8, 4) is 33.6 Å². The van der Waals surface area contributed by atoms with Gasteiger partial charge in [0.05, 0.1) is 22.1 Å². The highest BCUT2D eigenvalue weighted by Crippen LogP contribution is 2.42. The molecule has 0 saturated carbocycles. The van der Waals surface area contributed by atoms with Crippen molar-refractivity contribution < 1.29 is 0 Å². The van der Waals surface area contributed by atoms with Crippen LogP contribution in [0.25, 0.3) is 77.2 Å². The molecular formula is C72H50N2Si2. The molecule has 4 heteroatoms. The summed E-state index contributed by atoms with van der Waals surface area (Å²) in [4.78, 5) is 0. The predicted octanol–water partition coefficient (Wildman–Crippen LogP) is 12.3. The van der Waals surface area contributed by atoms with Gasteiger partial charge in [-0.2, -0.15) is 0 Å². The second-order valence-electron chi connectivity index (χ2n) is 20.3. The zero-order valence-corrected chi connectivity index (χ0v) is 43.8. The third kappa shape index (κ3) is 6.45. The van der Waals surface area contributed by atoms with E-state index in [0.717, 1.165) is 11.4 Å². The Morgan fingerprint density at radius 2 is 0.724 bits per heavy atom. The van der Waals surface area contributed by atoms with Gasteiger partial charge in [-0.1, -0.05) is 255 Å². The number of fused-ring (bicyclic) bond motifs is 9. The van der Waals surface area contributed by atoms with Gasteiger partial charge in [0.2, 0.25) is 0 Å². The SMILES string of the molecule is c1ccc([Si](c2ccccc2)(c2ccccc2)c2cccc(-n3c4ccccc4c4cc(-n5c6ccccc6c6cccc(-c7ccc8c(c7)-c7ccccc7[Si]8(c7ccccc7)c7ccccc7)c65)ccc43)c2)cc1. The fourth-order valence-corrected chi connectivity index (χ4v) is 23.4. The smallest absolute Gasteiger partial charge is 0.180 e. The van der Waals surface area contributed by atoms with Crippen molar-refractivity contribution in [2.75, 3.05) is 0 Å². The van der Waals surface area contributed by atoms with Gasteiger partial charge in [-0.05, 0) is 107 Å². The molecule has 0 radical (unpaired) electrons. The minimum atomic E-state index is -2.79. The van der Waals surface area contributed by atoms with Crippen molar-refractivity contribution >= 4 is 101 Å². The van der Waals surface area contributed by atoms with Crippen LogP contribution in [0.15, 0.2) is 303 Å². The van der Waals surface area contributed by atoms with Crippen LogP contribution in [0.4, 0.5) is 0 Å². The van der Waals surface area contributed by atoms with Gasteiger partial charge in [0, 0.05) is 38.5 Å². The standard InChI is InChI=1S/C72H50N2Si2/c1-6-25-54(26-7-1)75(55-27-8-2-9-28-55,56-29-10-3-11-30-56)59-35-22-24-52(49-59)73-67-41-19-17-37-62(67)65-50-53(45-46-69(65)73)74-68-42-20-16-36-61(68)64-40-23-39-60(72(64)74)51-44-47-71-66(48-51)63-38-18-21-43-70(63)76(71,57-31-12-4-13-32-57)58-33-14-5-15-34-58/h1-50H. The molecule has 1 aliphatic rings. The van der Waals surface area contributed by atoms with Crippen molar-refractivity contribution in [2.45, 2.75) is 0 Å². The van der Waals surface area contributed by atoms with E-state index >= 15 is 0 Å². The Morgan fingerprint density at radius 3 is 1.37 bits per heavy atom. The molecule has 12 aromatic carbocycles. The zero-order valence-electron chi connectivity index (χ0n) is 41.8. The molecule has 0 atom stereocenters. The van der Waals surface area contributed by atoms with E-state index in [-0.39, 0.29) is 0 Å². The third-order valence-electron chi connectivity index (χ3n) is 16.5. The lowest BCUT2D eigenvalue weighted by Crippen LogP contribution is -2.74. The van der Waals surface area contributed by atoms with Gasteiger partial charge in [-0.3, -0.25) is 0 Å². The first kappa shape index (κ1) is 44.2. The molecule has 0 amide bonds. The van der Waals surface area contributed by atoms with Crippen LogP contribution in [0.3, 0.4) is 0 Å².